The van der Waals surface area contributed by atoms with Crippen molar-refractivity contribution < 1.29 is 0 Å². The largest absolute Gasteiger partial charge is 0.362 e. The van der Waals surface area contributed by atoms with Crippen LogP contribution in [0.2, 0.25) is 0 Å². The Hall–Kier alpha value is -0.220. The van der Waals surface area contributed by atoms with E-state index in [-0.39, 0.29) is 0 Å². The Labute approximate surface area is 108 Å². The SMILES string of the molecule is CC1CCSC(=NC2CCN3CCCC3C2)N1. The number of fused-ring (bicyclic) bond motifs is 1. The number of nitrogens with one attached hydrogen (secondary N) is 1. The molecule has 0 aromatic carbocycles. The van der Waals surface area contributed by atoms with Gasteiger partial charge in [-0.05, 0) is 45.6 Å². The molecule has 3 fully saturated rings. The van der Waals surface area contributed by atoms with Crippen molar-refractivity contribution in [2.24, 2.45) is 4.99 Å². The van der Waals surface area contributed by atoms with Gasteiger partial charge in [0, 0.05) is 24.4 Å². The van der Waals surface area contributed by atoms with E-state index in [4.69, 9.17) is 4.99 Å². The van der Waals surface area contributed by atoms with Gasteiger partial charge in [-0.25, -0.2) is 0 Å². The molecule has 0 aliphatic carbocycles. The molecule has 3 rings (SSSR count). The molecule has 0 amide bonds. The molecule has 96 valence electrons. The van der Waals surface area contributed by atoms with Gasteiger partial charge in [-0.3, -0.25) is 4.99 Å². The molecule has 3 nitrogen and oxygen atoms in total. The Balaban J connectivity index is 1.59. The quantitative estimate of drug-likeness (QED) is 0.775. The molecule has 17 heavy (non-hydrogen) atoms. The molecule has 0 aromatic heterocycles. The van der Waals surface area contributed by atoms with Crippen LogP contribution < -0.4 is 5.32 Å². The van der Waals surface area contributed by atoms with Gasteiger partial charge in [0.25, 0.3) is 0 Å². The maximum atomic E-state index is 4.95. The number of amidine groups is 1. The Morgan fingerprint density at radius 2 is 2.24 bits per heavy atom. The standard InChI is InChI=1S/C13H23N3S/c1-10-5-8-17-13(14-10)15-11-4-7-16-6-2-3-12(16)9-11/h10-12H,2-9H2,1H3,(H,14,15). The van der Waals surface area contributed by atoms with Crippen LogP contribution in [0.5, 0.6) is 0 Å². The Morgan fingerprint density at radius 1 is 1.29 bits per heavy atom. The fourth-order valence-electron chi connectivity index (χ4n) is 3.22. The molecule has 3 aliphatic rings. The lowest BCUT2D eigenvalue weighted by Crippen LogP contribution is -2.41. The van der Waals surface area contributed by atoms with Gasteiger partial charge in [0.2, 0.25) is 0 Å². The topological polar surface area (TPSA) is 27.6 Å². The number of aliphatic imine (C=N–C) groups is 1. The predicted octanol–water partition coefficient (Wildman–Crippen LogP) is 2.08. The van der Waals surface area contributed by atoms with Crippen LogP contribution in [0.1, 0.15) is 39.0 Å². The van der Waals surface area contributed by atoms with Crippen molar-refractivity contribution >= 4 is 16.9 Å². The lowest BCUT2D eigenvalue weighted by Gasteiger charge is -2.33. The fourth-order valence-corrected chi connectivity index (χ4v) is 4.39. The van der Waals surface area contributed by atoms with Crippen LogP contribution in [0.15, 0.2) is 4.99 Å². The van der Waals surface area contributed by atoms with E-state index in [0.717, 1.165) is 6.04 Å². The Morgan fingerprint density at radius 3 is 3.12 bits per heavy atom. The minimum absolute atomic E-state index is 0.578. The van der Waals surface area contributed by atoms with Gasteiger partial charge < -0.3 is 10.2 Å². The smallest absolute Gasteiger partial charge is 0.157 e. The van der Waals surface area contributed by atoms with Gasteiger partial charge in [0.15, 0.2) is 5.17 Å². The number of rotatable bonds is 1. The van der Waals surface area contributed by atoms with Crippen molar-refractivity contribution in [2.75, 3.05) is 18.8 Å². The number of thioether (sulfide) groups is 1. The van der Waals surface area contributed by atoms with Crippen LogP contribution in [-0.2, 0) is 0 Å². The third-order valence-corrected chi connectivity index (χ3v) is 5.19. The third-order valence-electron chi connectivity index (χ3n) is 4.25. The summed E-state index contributed by atoms with van der Waals surface area (Å²) in [5.41, 5.74) is 0. The highest BCUT2D eigenvalue weighted by Gasteiger charge is 2.31. The highest BCUT2D eigenvalue weighted by molar-refractivity contribution is 8.13. The second-order valence-corrected chi connectivity index (χ2v) is 6.71. The van der Waals surface area contributed by atoms with E-state index in [9.17, 15) is 0 Å². The van der Waals surface area contributed by atoms with Gasteiger partial charge in [0.05, 0.1) is 6.04 Å². The molecule has 3 unspecified atom stereocenters. The number of hydrogen-bond donors (Lipinski definition) is 1. The maximum Gasteiger partial charge on any atom is 0.157 e. The average Bonchev–Trinajstić information content (AvgIpc) is 2.76. The summed E-state index contributed by atoms with van der Waals surface area (Å²) in [6.45, 7) is 4.86. The predicted molar refractivity (Wildman–Crippen MR) is 74.7 cm³/mol. The summed E-state index contributed by atoms with van der Waals surface area (Å²) in [7, 11) is 0. The van der Waals surface area contributed by atoms with Gasteiger partial charge in [-0.15, -0.1) is 0 Å². The summed E-state index contributed by atoms with van der Waals surface area (Å²) in [6, 6.07) is 2.03. The van der Waals surface area contributed by atoms with Crippen molar-refractivity contribution in [3.05, 3.63) is 0 Å². The summed E-state index contributed by atoms with van der Waals surface area (Å²) in [4.78, 5) is 7.62. The van der Waals surface area contributed by atoms with Gasteiger partial charge in [0.1, 0.15) is 0 Å². The van der Waals surface area contributed by atoms with Crippen molar-refractivity contribution in [1.82, 2.24) is 10.2 Å². The summed E-state index contributed by atoms with van der Waals surface area (Å²) >= 11 is 1.91. The number of piperidine rings is 1. The molecule has 0 aromatic rings. The van der Waals surface area contributed by atoms with Crippen LogP contribution >= 0.6 is 11.8 Å². The van der Waals surface area contributed by atoms with Crippen LogP contribution in [0, 0.1) is 0 Å². The molecule has 0 radical (unpaired) electrons. The van der Waals surface area contributed by atoms with E-state index in [1.165, 1.54) is 56.1 Å². The lowest BCUT2D eigenvalue weighted by molar-refractivity contribution is 0.183. The zero-order valence-corrected chi connectivity index (χ0v) is 11.5. The van der Waals surface area contributed by atoms with Crippen molar-refractivity contribution in [2.45, 2.75) is 57.2 Å². The van der Waals surface area contributed by atoms with Crippen molar-refractivity contribution in [1.29, 1.82) is 0 Å². The molecule has 3 heterocycles. The first kappa shape index (κ1) is 11.8. The molecule has 3 saturated heterocycles. The molecule has 0 spiro atoms. The maximum absolute atomic E-state index is 4.95. The first-order chi connectivity index (χ1) is 8.31. The number of hydrogen-bond acceptors (Lipinski definition) is 3. The first-order valence-corrected chi connectivity index (χ1v) is 8.01. The highest BCUT2D eigenvalue weighted by atomic mass is 32.2. The summed E-state index contributed by atoms with van der Waals surface area (Å²) in [5, 5.41) is 4.73. The monoisotopic (exact) mass is 253 g/mol. The van der Waals surface area contributed by atoms with Crippen LogP contribution in [-0.4, -0.2) is 47.0 Å². The second kappa shape index (κ2) is 5.19. The van der Waals surface area contributed by atoms with E-state index in [2.05, 4.69) is 17.1 Å². The molecular formula is C13H23N3S. The third kappa shape index (κ3) is 2.79. The zero-order chi connectivity index (χ0) is 11.7. The van der Waals surface area contributed by atoms with Crippen molar-refractivity contribution in [3.8, 4) is 0 Å². The molecule has 3 aliphatic heterocycles. The average molecular weight is 253 g/mol. The van der Waals surface area contributed by atoms with Crippen LogP contribution in [0.25, 0.3) is 0 Å². The van der Waals surface area contributed by atoms with E-state index in [1.54, 1.807) is 0 Å². The molecule has 0 saturated carbocycles. The summed E-state index contributed by atoms with van der Waals surface area (Å²) < 4.78 is 0. The first-order valence-electron chi connectivity index (χ1n) is 7.02. The zero-order valence-electron chi connectivity index (χ0n) is 10.7. The van der Waals surface area contributed by atoms with Gasteiger partial charge in [-0.1, -0.05) is 11.8 Å². The normalized spacial score (nSPS) is 41.2. The highest BCUT2D eigenvalue weighted by Crippen LogP contribution is 2.29. The minimum Gasteiger partial charge on any atom is -0.362 e. The molecule has 4 heteroatoms. The van der Waals surface area contributed by atoms with Crippen molar-refractivity contribution in [3.63, 3.8) is 0 Å². The lowest BCUT2D eigenvalue weighted by atomic mass is 9.98. The van der Waals surface area contributed by atoms with E-state index >= 15 is 0 Å². The van der Waals surface area contributed by atoms with Gasteiger partial charge >= 0.3 is 0 Å². The second-order valence-electron chi connectivity index (χ2n) is 5.63. The molecule has 1 N–H and O–H groups in total. The Bertz CT molecular complexity index is 305. The van der Waals surface area contributed by atoms with E-state index in [1.807, 2.05) is 11.8 Å². The summed E-state index contributed by atoms with van der Waals surface area (Å²) in [5.74, 6) is 1.23. The van der Waals surface area contributed by atoms with Gasteiger partial charge in [-0.2, -0.15) is 0 Å². The fraction of sp³-hybridized carbons (Fsp3) is 0.923. The minimum atomic E-state index is 0.578. The van der Waals surface area contributed by atoms with E-state index in [0.29, 0.717) is 12.1 Å². The van der Waals surface area contributed by atoms with Crippen LogP contribution in [0.3, 0.4) is 0 Å². The molecule has 0 bridgehead atoms. The molecule has 3 atom stereocenters. The molecular weight excluding hydrogens is 230 g/mol. The van der Waals surface area contributed by atoms with E-state index < -0.39 is 0 Å². The number of nitrogens with zero attached hydrogens (tertiary/aromatic N) is 2. The summed E-state index contributed by atoms with van der Waals surface area (Å²) in [6.07, 6.45) is 6.62. The Kier molecular flexibility index (Phi) is 3.61. The van der Waals surface area contributed by atoms with Crippen LogP contribution in [0.4, 0.5) is 0 Å².